The molecule has 2 spiro atoms. The van der Waals surface area contributed by atoms with Gasteiger partial charge in [0.15, 0.2) is 0 Å². The Bertz CT molecular complexity index is 400. The van der Waals surface area contributed by atoms with Crippen LogP contribution in [-0.2, 0) is 4.79 Å². The Labute approximate surface area is 134 Å². The maximum absolute atomic E-state index is 12.8. The molecule has 120 valence electrons. The summed E-state index contributed by atoms with van der Waals surface area (Å²) >= 11 is 0. The maximum atomic E-state index is 12.8. The van der Waals surface area contributed by atoms with E-state index >= 15 is 0 Å². The fourth-order valence-electron chi connectivity index (χ4n) is 5.23. The first kappa shape index (κ1) is 15.6. The summed E-state index contributed by atoms with van der Waals surface area (Å²) in [6, 6.07) is 0. The van der Waals surface area contributed by atoms with Gasteiger partial charge in [-0.05, 0) is 62.4 Å². The zero-order chi connectivity index (χ0) is 13.6. The van der Waals surface area contributed by atoms with Gasteiger partial charge < -0.3 is 10.2 Å². The van der Waals surface area contributed by atoms with Crippen LogP contribution in [-0.4, -0.2) is 37.0 Å². The van der Waals surface area contributed by atoms with Crippen molar-refractivity contribution in [3.8, 4) is 0 Å². The Kier molecular flexibility index (Phi) is 4.26. The van der Waals surface area contributed by atoms with Gasteiger partial charge in [-0.2, -0.15) is 0 Å². The van der Waals surface area contributed by atoms with Crippen LogP contribution in [0.15, 0.2) is 0 Å². The number of piperidine rings is 1. The van der Waals surface area contributed by atoms with Crippen molar-refractivity contribution in [2.45, 2.75) is 57.8 Å². The number of halogens is 1. The zero-order valence-electron chi connectivity index (χ0n) is 13.0. The predicted octanol–water partition coefficient (Wildman–Crippen LogP) is 2.98. The van der Waals surface area contributed by atoms with Crippen LogP contribution in [0.4, 0.5) is 0 Å². The molecule has 1 unspecified atom stereocenters. The summed E-state index contributed by atoms with van der Waals surface area (Å²) in [5.74, 6) is 0.887. The minimum absolute atomic E-state index is 0. The number of hydrogen-bond donors (Lipinski definition) is 1. The average molecular weight is 313 g/mol. The molecule has 0 radical (unpaired) electrons. The molecule has 1 atom stereocenters. The van der Waals surface area contributed by atoms with Crippen molar-refractivity contribution in [2.24, 2.45) is 16.7 Å². The molecule has 4 rings (SSSR count). The highest BCUT2D eigenvalue weighted by Crippen LogP contribution is 2.59. The van der Waals surface area contributed by atoms with Crippen LogP contribution < -0.4 is 5.32 Å². The molecule has 2 saturated heterocycles. The summed E-state index contributed by atoms with van der Waals surface area (Å²) in [4.78, 5) is 15.1. The topological polar surface area (TPSA) is 32.3 Å². The molecular weight excluding hydrogens is 284 g/mol. The third-order valence-electron chi connectivity index (χ3n) is 6.75. The van der Waals surface area contributed by atoms with E-state index < -0.39 is 0 Å². The number of carbonyl (C=O) groups is 1. The van der Waals surface area contributed by atoms with Crippen molar-refractivity contribution < 1.29 is 4.79 Å². The minimum atomic E-state index is 0. The first-order valence-corrected chi connectivity index (χ1v) is 8.73. The summed E-state index contributed by atoms with van der Waals surface area (Å²) in [6.07, 6.45) is 11.8. The van der Waals surface area contributed by atoms with E-state index in [-0.39, 0.29) is 12.4 Å². The van der Waals surface area contributed by atoms with E-state index in [9.17, 15) is 4.79 Å². The number of likely N-dealkylation sites (tertiary alicyclic amines) is 1. The first-order valence-electron chi connectivity index (χ1n) is 8.73. The van der Waals surface area contributed by atoms with Crippen molar-refractivity contribution >= 4 is 18.3 Å². The van der Waals surface area contributed by atoms with Gasteiger partial charge in [0.05, 0.1) is 0 Å². The average Bonchev–Trinajstić information content (AvgIpc) is 3.01. The molecule has 2 saturated carbocycles. The molecule has 21 heavy (non-hydrogen) atoms. The molecule has 0 aromatic rings. The van der Waals surface area contributed by atoms with Crippen LogP contribution in [0.1, 0.15) is 57.8 Å². The quantitative estimate of drug-likeness (QED) is 0.807. The Morgan fingerprint density at radius 1 is 1.00 bits per heavy atom. The van der Waals surface area contributed by atoms with E-state index in [0.29, 0.717) is 22.7 Å². The van der Waals surface area contributed by atoms with Gasteiger partial charge in [-0.25, -0.2) is 0 Å². The normalized spacial score (nSPS) is 33.0. The van der Waals surface area contributed by atoms with E-state index in [4.69, 9.17) is 0 Å². The van der Waals surface area contributed by atoms with Crippen LogP contribution in [0, 0.1) is 16.7 Å². The van der Waals surface area contributed by atoms with Crippen LogP contribution in [0.5, 0.6) is 0 Å². The van der Waals surface area contributed by atoms with Crippen LogP contribution >= 0.6 is 12.4 Å². The van der Waals surface area contributed by atoms with Gasteiger partial charge in [-0.1, -0.05) is 19.3 Å². The third-order valence-corrected chi connectivity index (χ3v) is 6.75. The Hall–Kier alpha value is -0.280. The summed E-state index contributed by atoms with van der Waals surface area (Å²) in [6.45, 7) is 4.36. The number of carbonyl (C=O) groups excluding carboxylic acids is 1. The van der Waals surface area contributed by atoms with Crippen molar-refractivity contribution in [1.29, 1.82) is 0 Å². The molecule has 3 nitrogen and oxygen atoms in total. The van der Waals surface area contributed by atoms with E-state index in [1.54, 1.807) is 0 Å². The molecule has 0 aromatic heterocycles. The largest absolute Gasteiger partial charge is 0.342 e. The highest BCUT2D eigenvalue weighted by molar-refractivity contribution is 5.85. The highest BCUT2D eigenvalue weighted by Gasteiger charge is 2.59. The fourth-order valence-corrected chi connectivity index (χ4v) is 5.23. The van der Waals surface area contributed by atoms with E-state index in [0.717, 1.165) is 26.2 Å². The van der Waals surface area contributed by atoms with E-state index in [1.807, 2.05) is 0 Å². The number of rotatable bonds is 1. The van der Waals surface area contributed by atoms with Crippen molar-refractivity contribution in [3.63, 3.8) is 0 Å². The number of hydrogen-bond acceptors (Lipinski definition) is 2. The van der Waals surface area contributed by atoms with Gasteiger partial charge in [-0.15, -0.1) is 12.4 Å². The Morgan fingerprint density at radius 2 is 1.71 bits per heavy atom. The predicted molar refractivity (Wildman–Crippen MR) is 86.6 cm³/mol. The minimum Gasteiger partial charge on any atom is -0.342 e. The van der Waals surface area contributed by atoms with Gasteiger partial charge >= 0.3 is 0 Å². The van der Waals surface area contributed by atoms with E-state index in [2.05, 4.69) is 10.2 Å². The lowest BCUT2D eigenvalue weighted by Gasteiger charge is -2.33. The molecule has 1 N–H and O–H groups in total. The number of nitrogens with zero attached hydrogens (tertiary/aromatic N) is 1. The summed E-state index contributed by atoms with van der Waals surface area (Å²) in [5.41, 5.74) is 0.925. The zero-order valence-corrected chi connectivity index (χ0v) is 13.8. The molecule has 2 aliphatic heterocycles. The summed E-state index contributed by atoms with van der Waals surface area (Å²) < 4.78 is 0. The Balaban J connectivity index is 0.00000132. The molecule has 2 heterocycles. The maximum Gasteiger partial charge on any atom is 0.226 e. The fraction of sp³-hybridized carbons (Fsp3) is 0.941. The van der Waals surface area contributed by atoms with Gasteiger partial charge in [-0.3, -0.25) is 4.79 Å². The lowest BCUT2D eigenvalue weighted by molar-refractivity contribution is -0.133. The second-order valence-corrected chi connectivity index (χ2v) is 7.94. The van der Waals surface area contributed by atoms with Crippen LogP contribution in [0.2, 0.25) is 0 Å². The lowest BCUT2D eigenvalue weighted by atomic mass is 9.73. The first-order chi connectivity index (χ1) is 9.73. The number of nitrogens with one attached hydrogen (secondary N) is 1. The summed E-state index contributed by atoms with van der Waals surface area (Å²) in [5, 5.41) is 3.43. The van der Waals surface area contributed by atoms with Gasteiger partial charge in [0, 0.05) is 19.0 Å². The molecule has 0 bridgehead atoms. The molecule has 1 amide bonds. The smallest absolute Gasteiger partial charge is 0.226 e. The third kappa shape index (κ3) is 2.72. The standard InChI is InChI=1S/C17H28N2O.ClH/c20-15(14-12-17(14)6-9-18-10-7-17)19-11-8-16(13-19)4-2-1-3-5-16;/h14,18H,1-13H2;1H. The molecule has 4 fully saturated rings. The van der Waals surface area contributed by atoms with Crippen LogP contribution in [0.25, 0.3) is 0 Å². The Morgan fingerprint density at radius 3 is 2.43 bits per heavy atom. The van der Waals surface area contributed by atoms with Gasteiger partial charge in [0.25, 0.3) is 0 Å². The second kappa shape index (κ2) is 5.73. The van der Waals surface area contributed by atoms with Gasteiger partial charge in [0.2, 0.25) is 5.91 Å². The molecule has 2 aliphatic carbocycles. The van der Waals surface area contributed by atoms with Gasteiger partial charge in [0.1, 0.15) is 0 Å². The molecule has 4 aliphatic rings. The SMILES string of the molecule is Cl.O=C(C1CC12CCNCC2)N1CCC2(CCCCC2)C1. The second-order valence-electron chi connectivity index (χ2n) is 7.94. The molecule has 0 aromatic carbocycles. The van der Waals surface area contributed by atoms with Crippen LogP contribution in [0.3, 0.4) is 0 Å². The molecule has 4 heteroatoms. The van der Waals surface area contributed by atoms with Crippen molar-refractivity contribution in [3.05, 3.63) is 0 Å². The number of amides is 1. The van der Waals surface area contributed by atoms with Crippen molar-refractivity contribution in [2.75, 3.05) is 26.2 Å². The highest BCUT2D eigenvalue weighted by atomic mass is 35.5. The van der Waals surface area contributed by atoms with Crippen molar-refractivity contribution in [1.82, 2.24) is 10.2 Å². The molecular formula is C17H29ClN2O. The lowest BCUT2D eigenvalue weighted by Crippen LogP contribution is -2.37. The summed E-state index contributed by atoms with van der Waals surface area (Å²) in [7, 11) is 0. The monoisotopic (exact) mass is 312 g/mol. The van der Waals surface area contributed by atoms with E-state index in [1.165, 1.54) is 57.8 Å².